The first kappa shape index (κ1) is 8.47. The lowest BCUT2D eigenvalue weighted by molar-refractivity contribution is -0.119. The van der Waals surface area contributed by atoms with E-state index in [0.29, 0.717) is 12.5 Å². The third kappa shape index (κ3) is 1.69. The molecule has 0 aromatic rings. The monoisotopic (exact) mass is 153 g/mol. The van der Waals surface area contributed by atoms with E-state index in [-0.39, 0.29) is 11.7 Å². The van der Waals surface area contributed by atoms with Crippen molar-refractivity contribution in [2.24, 2.45) is 17.6 Å². The van der Waals surface area contributed by atoms with Crippen molar-refractivity contribution >= 4 is 5.78 Å². The van der Waals surface area contributed by atoms with Crippen LogP contribution >= 0.6 is 0 Å². The average Bonchev–Trinajstić information content (AvgIpc) is 2.50. The van der Waals surface area contributed by atoms with Gasteiger partial charge < -0.3 is 5.73 Å². The fourth-order valence-electron chi connectivity index (χ4n) is 1.84. The first-order valence-electron chi connectivity index (χ1n) is 4.16. The Bertz CT molecular complexity index is 165. The third-order valence-corrected chi connectivity index (χ3v) is 2.53. The summed E-state index contributed by atoms with van der Waals surface area (Å²) in [4.78, 5) is 11.2. The highest BCUT2D eigenvalue weighted by Gasteiger charge is 2.29. The molecule has 0 spiro atoms. The van der Waals surface area contributed by atoms with E-state index in [1.165, 1.54) is 6.08 Å². The van der Waals surface area contributed by atoms with Crippen molar-refractivity contribution in [3.8, 4) is 0 Å². The smallest absolute Gasteiger partial charge is 0.158 e. The Morgan fingerprint density at radius 1 is 1.64 bits per heavy atom. The van der Waals surface area contributed by atoms with Crippen LogP contribution in [0.15, 0.2) is 12.7 Å². The summed E-state index contributed by atoms with van der Waals surface area (Å²) in [6.07, 6.45) is 4.69. The van der Waals surface area contributed by atoms with Crippen molar-refractivity contribution in [1.29, 1.82) is 0 Å². The van der Waals surface area contributed by atoms with Gasteiger partial charge in [0.2, 0.25) is 0 Å². The van der Waals surface area contributed by atoms with Crippen LogP contribution in [0.2, 0.25) is 0 Å². The Labute approximate surface area is 67.5 Å². The van der Waals surface area contributed by atoms with E-state index in [0.717, 1.165) is 19.3 Å². The number of hydrogen-bond acceptors (Lipinski definition) is 2. The van der Waals surface area contributed by atoms with Gasteiger partial charge in [-0.1, -0.05) is 13.0 Å². The summed E-state index contributed by atoms with van der Waals surface area (Å²) >= 11 is 0. The highest BCUT2D eigenvalue weighted by molar-refractivity contribution is 5.91. The summed E-state index contributed by atoms with van der Waals surface area (Å²) < 4.78 is 0. The quantitative estimate of drug-likeness (QED) is 0.617. The molecule has 1 saturated carbocycles. The molecular weight excluding hydrogens is 138 g/mol. The zero-order valence-corrected chi connectivity index (χ0v) is 6.75. The zero-order chi connectivity index (χ0) is 8.27. The second-order valence-corrected chi connectivity index (χ2v) is 3.14. The molecule has 1 rings (SSSR count). The second-order valence-electron chi connectivity index (χ2n) is 3.14. The van der Waals surface area contributed by atoms with Crippen molar-refractivity contribution in [2.45, 2.75) is 19.3 Å². The Balaban J connectivity index is 2.55. The number of allylic oxidation sites excluding steroid dienone is 1. The zero-order valence-electron chi connectivity index (χ0n) is 6.75. The normalized spacial score (nSPS) is 30.3. The van der Waals surface area contributed by atoms with Gasteiger partial charge in [-0.3, -0.25) is 4.79 Å². The van der Waals surface area contributed by atoms with Gasteiger partial charge in [-0.15, -0.1) is 0 Å². The highest BCUT2D eigenvalue weighted by Crippen LogP contribution is 2.31. The number of carbonyl (C=O) groups is 1. The molecule has 0 radical (unpaired) electrons. The molecule has 0 aromatic heterocycles. The van der Waals surface area contributed by atoms with Gasteiger partial charge in [0.1, 0.15) is 0 Å². The van der Waals surface area contributed by atoms with Gasteiger partial charge in [-0.05, 0) is 31.4 Å². The molecule has 0 aliphatic heterocycles. The summed E-state index contributed by atoms with van der Waals surface area (Å²) in [7, 11) is 0. The first-order valence-corrected chi connectivity index (χ1v) is 4.16. The van der Waals surface area contributed by atoms with Crippen LogP contribution in [-0.4, -0.2) is 12.3 Å². The molecule has 2 atom stereocenters. The Hall–Kier alpha value is -0.630. The summed E-state index contributed by atoms with van der Waals surface area (Å²) in [6.45, 7) is 4.13. The topological polar surface area (TPSA) is 43.1 Å². The molecule has 0 heterocycles. The van der Waals surface area contributed by atoms with Gasteiger partial charge in [-0.2, -0.15) is 0 Å². The molecule has 0 aromatic carbocycles. The molecule has 0 unspecified atom stereocenters. The molecule has 1 fully saturated rings. The van der Waals surface area contributed by atoms with Crippen molar-refractivity contribution < 1.29 is 4.79 Å². The standard InChI is InChI=1S/C9H15NO/c1-2-9(11)8-5-3-4-7(8)6-10/h2,7-8H,1,3-6,10H2/t7-,8-/m0/s1. The number of carbonyl (C=O) groups excluding carboxylic acids is 1. The van der Waals surface area contributed by atoms with Gasteiger partial charge in [0.25, 0.3) is 0 Å². The van der Waals surface area contributed by atoms with E-state index >= 15 is 0 Å². The molecule has 62 valence electrons. The number of nitrogens with two attached hydrogens (primary N) is 1. The number of ketones is 1. The van der Waals surface area contributed by atoms with Crippen molar-refractivity contribution in [3.63, 3.8) is 0 Å². The lowest BCUT2D eigenvalue weighted by Crippen LogP contribution is -2.23. The Morgan fingerprint density at radius 3 is 2.91 bits per heavy atom. The van der Waals surface area contributed by atoms with Gasteiger partial charge in [-0.25, -0.2) is 0 Å². The number of hydrogen-bond donors (Lipinski definition) is 1. The van der Waals surface area contributed by atoms with Crippen LogP contribution < -0.4 is 5.73 Å². The van der Waals surface area contributed by atoms with E-state index in [2.05, 4.69) is 6.58 Å². The maximum Gasteiger partial charge on any atom is 0.158 e. The predicted molar refractivity (Wildman–Crippen MR) is 45.1 cm³/mol. The van der Waals surface area contributed by atoms with E-state index in [9.17, 15) is 4.79 Å². The van der Waals surface area contributed by atoms with Gasteiger partial charge in [0.05, 0.1) is 0 Å². The Kier molecular flexibility index (Phi) is 2.83. The molecule has 11 heavy (non-hydrogen) atoms. The molecule has 2 nitrogen and oxygen atoms in total. The molecule has 1 aliphatic rings. The molecular formula is C9H15NO. The lowest BCUT2D eigenvalue weighted by Gasteiger charge is -2.13. The summed E-state index contributed by atoms with van der Waals surface area (Å²) in [5.41, 5.74) is 5.53. The second kappa shape index (κ2) is 3.67. The number of rotatable bonds is 3. The third-order valence-electron chi connectivity index (χ3n) is 2.53. The fraction of sp³-hybridized carbons (Fsp3) is 0.667. The van der Waals surface area contributed by atoms with E-state index in [1.54, 1.807) is 0 Å². The first-order chi connectivity index (χ1) is 5.29. The van der Waals surface area contributed by atoms with Gasteiger partial charge in [0, 0.05) is 5.92 Å². The summed E-state index contributed by atoms with van der Waals surface area (Å²) in [5, 5.41) is 0. The van der Waals surface area contributed by atoms with Crippen LogP contribution in [0.1, 0.15) is 19.3 Å². The molecule has 2 N–H and O–H groups in total. The highest BCUT2D eigenvalue weighted by atomic mass is 16.1. The van der Waals surface area contributed by atoms with Crippen LogP contribution in [0, 0.1) is 11.8 Å². The molecule has 0 bridgehead atoms. The van der Waals surface area contributed by atoms with Crippen molar-refractivity contribution in [3.05, 3.63) is 12.7 Å². The van der Waals surface area contributed by atoms with E-state index in [1.807, 2.05) is 0 Å². The average molecular weight is 153 g/mol. The SMILES string of the molecule is C=CC(=O)[C@H]1CCC[C@H]1CN. The van der Waals surface area contributed by atoms with Gasteiger partial charge >= 0.3 is 0 Å². The maximum atomic E-state index is 11.2. The minimum atomic E-state index is 0.178. The maximum absolute atomic E-state index is 11.2. The van der Waals surface area contributed by atoms with E-state index in [4.69, 9.17) is 5.73 Å². The largest absolute Gasteiger partial charge is 0.330 e. The predicted octanol–water partition coefficient (Wildman–Crippen LogP) is 1.12. The van der Waals surface area contributed by atoms with Crippen LogP contribution in [-0.2, 0) is 4.79 Å². The minimum absolute atomic E-state index is 0.178. The minimum Gasteiger partial charge on any atom is -0.330 e. The molecule has 0 saturated heterocycles. The fourth-order valence-corrected chi connectivity index (χ4v) is 1.84. The Morgan fingerprint density at radius 2 is 2.36 bits per heavy atom. The van der Waals surface area contributed by atoms with Crippen molar-refractivity contribution in [2.75, 3.05) is 6.54 Å². The van der Waals surface area contributed by atoms with Gasteiger partial charge in [0.15, 0.2) is 5.78 Å². The summed E-state index contributed by atoms with van der Waals surface area (Å²) in [5.74, 6) is 0.774. The van der Waals surface area contributed by atoms with E-state index < -0.39 is 0 Å². The summed E-state index contributed by atoms with van der Waals surface area (Å²) in [6, 6.07) is 0. The van der Waals surface area contributed by atoms with Crippen LogP contribution in [0.3, 0.4) is 0 Å². The van der Waals surface area contributed by atoms with Crippen molar-refractivity contribution in [1.82, 2.24) is 0 Å². The molecule has 2 heteroatoms. The van der Waals surface area contributed by atoms with Crippen LogP contribution in [0.5, 0.6) is 0 Å². The van der Waals surface area contributed by atoms with Crippen LogP contribution in [0.4, 0.5) is 0 Å². The molecule has 0 amide bonds. The van der Waals surface area contributed by atoms with Crippen LogP contribution in [0.25, 0.3) is 0 Å². The molecule has 1 aliphatic carbocycles. The lowest BCUT2D eigenvalue weighted by atomic mass is 9.92.